The monoisotopic (exact) mass is 344 g/mol. The molecule has 0 bridgehead atoms. The maximum absolute atomic E-state index is 9.12. The van der Waals surface area contributed by atoms with Crippen LogP contribution in [0.1, 0.15) is 5.56 Å². The van der Waals surface area contributed by atoms with Crippen molar-refractivity contribution in [2.45, 2.75) is 6.92 Å². The molecule has 0 atom stereocenters. The lowest BCUT2D eigenvalue weighted by Crippen LogP contribution is -2.23. The first-order valence-electron chi connectivity index (χ1n) is 7.42. The number of aliphatic hydroxyl groups is 1. The SMILES string of the molecule is Cc1cc(Cl)ccc1Nc1nc(N(C)CCO)nc2nccnc12. The van der Waals surface area contributed by atoms with E-state index in [1.54, 1.807) is 17.3 Å². The largest absolute Gasteiger partial charge is 0.395 e. The van der Waals surface area contributed by atoms with Gasteiger partial charge < -0.3 is 15.3 Å². The molecule has 3 aromatic rings. The Balaban J connectivity index is 2.07. The highest BCUT2D eigenvalue weighted by atomic mass is 35.5. The van der Waals surface area contributed by atoms with Crippen LogP contribution in [0.3, 0.4) is 0 Å². The van der Waals surface area contributed by atoms with Crippen LogP contribution in [0.4, 0.5) is 17.5 Å². The third kappa shape index (κ3) is 3.37. The lowest BCUT2D eigenvalue weighted by Gasteiger charge is -2.17. The normalized spacial score (nSPS) is 10.8. The van der Waals surface area contributed by atoms with E-state index < -0.39 is 0 Å². The molecular formula is C16H17ClN6O. The molecule has 1 aromatic carbocycles. The number of hydrogen-bond donors (Lipinski definition) is 2. The number of hydrogen-bond acceptors (Lipinski definition) is 7. The zero-order valence-corrected chi connectivity index (χ0v) is 14.1. The molecule has 0 aliphatic carbocycles. The summed E-state index contributed by atoms with van der Waals surface area (Å²) in [5.74, 6) is 1.02. The van der Waals surface area contributed by atoms with Crippen LogP contribution in [-0.2, 0) is 0 Å². The van der Waals surface area contributed by atoms with Gasteiger partial charge in [-0.05, 0) is 30.7 Å². The van der Waals surface area contributed by atoms with E-state index in [4.69, 9.17) is 16.7 Å². The van der Waals surface area contributed by atoms with Gasteiger partial charge >= 0.3 is 0 Å². The predicted molar refractivity (Wildman–Crippen MR) is 95.0 cm³/mol. The van der Waals surface area contributed by atoms with E-state index in [2.05, 4.69) is 25.3 Å². The Morgan fingerprint density at radius 3 is 2.75 bits per heavy atom. The van der Waals surface area contributed by atoms with Gasteiger partial charge in [0.15, 0.2) is 17.0 Å². The summed E-state index contributed by atoms with van der Waals surface area (Å²) in [6, 6.07) is 5.57. The average molecular weight is 345 g/mol. The van der Waals surface area contributed by atoms with Crippen LogP contribution in [0.5, 0.6) is 0 Å². The van der Waals surface area contributed by atoms with E-state index in [9.17, 15) is 0 Å². The Kier molecular flexibility index (Phi) is 4.73. The molecule has 0 aliphatic heterocycles. The van der Waals surface area contributed by atoms with Crippen LogP contribution >= 0.6 is 11.6 Å². The summed E-state index contributed by atoms with van der Waals surface area (Å²) >= 11 is 6.01. The number of aliphatic hydroxyl groups excluding tert-OH is 1. The van der Waals surface area contributed by atoms with Gasteiger partial charge in [-0.15, -0.1) is 0 Å². The average Bonchev–Trinajstić information content (AvgIpc) is 2.57. The standard InChI is InChI=1S/C16H17ClN6O/c1-10-9-11(17)3-4-12(10)20-15-13-14(19-6-5-18-13)21-16(22-15)23(2)7-8-24/h3-6,9,24H,7-8H2,1-2H3,(H,19,20,21,22). The van der Waals surface area contributed by atoms with Crippen molar-refractivity contribution in [3.63, 3.8) is 0 Å². The number of aromatic nitrogens is 4. The summed E-state index contributed by atoms with van der Waals surface area (Å²) in [5.41, 5.74) is 2.93. The van der Waals surface area contributed by atoms with Crippen LogP contribution in [0.15, 0.2) is 30.6 Å². The molecular weight excluding hydrogens is 328 g/mol. The molecule has 2 aromatic heterocycles. The summed E-state index contributed by atoms with van der Waals surface area (Å²) in [4.78, 5) is 19.3. The molecule has 0 aliphatic rings. The Labute approximate surface area is 144 Å². The number of fused-ring (bicyclic) bond motifs is 1. The van der Waals surface area contributed by atoms with Crippen LogP contribution in [0.2, 0.25) is 5.02 Å². The molecule has 2 N–H and O–H groups in total. The third-order valence-corrected chi connectivity index (χ3v) is 3.77. The smallest absolute Gasteiger partial charge is 0.229 e. The van der Waals surface area contributed by atoms with Crippen molar-refractivity contribution in [3.8, 4) is 0 Å². The molecule has 0 amide bonds. The van der Waals surface area contributed by atoms with Gasteiger partial charge in [-0.2, -0.15) is 9.97 Å². The fourth-order valence-electron chi connectivity index (χ4n) is 2.25. The molecule has 0 spiro atoms. The van der Waals surface area contributed by atoms with Gasteiger partial charge in [-0.25, -0.2) is 9.97 Å². The van der Waals surface area contributed by atoms with E-state index in [0.717, 1.165) is 11.3 Å². The summed E-state index contributed by atoms with van der Waals surface area (Å²) in [6.45, 7) is 2.39. The summed E-state index contributed by atoms with van der Waals surface area (Å²) in [6.07, 6.45) is 3.19. The fourth-order valence-corrected chi connectivity index (χ4v) is 2.48. The first-order valence-corrected chi connectivity index (χ1v) is 7.80. The number of aryl methyl sites for hydroxylation is 1. The summed E-state index contributed by atoms with van der Waals surface area (Å²) in [7, 11) is 1.81. The maximum Gasteiger partial charge on any atom is 0.229 e. The Morgan fingerprint density at radius 2 is 2.00 bits per heavy atom. The van der Waals surface area contributed by atoms with Crippen molar-refractivity contribution in [2.75, 3.05) is 30.4 Å². The quantitative estimate of drug-likeness (QED) is 0.735. The molecule has 124 valence electrons. The molecule has 0 unspecified atom stereocenters. The van der Waals surface area contributed by atoms with Gasteiger partial charge in [0.2, 0.25) is 5.95 Å². The van der Waals surface area contributed by atoms with Crippen molar-refractivity contribution in [1.29, 1.82) is 0 Å². The van der Waals surface area contributed by atoms with Crippen molar-refractivity contribution in [1.82, 2.24) is 19.9 Å². The maximum atomic E-state index is 9.12. The van der Waals surface area contributed by atoms with Crippen molar-refractivity contribution in [3.05, 3.63) is 41.2 Å². The van der Waals surface area contributed by atoms with Gasteiger partial charge in [0.25, 0.3) is 0 Å². The van der Waals surface area contributed by atoms with Crippen LogP contribution < -0.4 is 10.2 Å². The number of nitrogens with zero attached hydrogens (tertiary/aromatic N) is 5. The van der Waals surface area contributed by atoms with Gasteiger partial charge in [0.1, 0.15) is 0 Å². The minimum absolute atomic E-state index is 0.0113. The molecule has 0 saturated carbocycles. The first-order chi connectivity index (χ1) is 11.6. The number of nitrogens with one attached hydrogen (secondary N) is 1. The molecule has 3 rings (SSSR count). The van der Waals surface area contributed by atoms with Crippen LogP contribution in [-0.4, -0.2) is 45.2 Å². The second-order valence-electron chi connectivity index (χ2n) is 5.33. The minimum Gasteiger partial charge on any atom is -0.395 e. The zero-order valence-electron chi connectivity index (χ0n) is 13.4. The number of halogens is 1. The lowest BCUT2D eigenvalue weighted by molar-refractivity contribution is 0.303. The molecule has 0 fully saturated rings. The van der Waals surface area contributed by atoms with E-state index in [1.807, 2.05) is 32.2 Å². The fraction of sp³-hybridized carbons (Fsp3) is 0.250. The predicted octanol–water partition coefficient (Wildman–Crippen LogP) is 2.55. The lowest BCUT2D eigenvalue weighted by atomic mass is 10.2. The molecule has 2 heterocycles. The summed E-state index contributed by atoms with van der Waals surface area (Å²) < 4.78 is 0. The van der Waals surface area contributed by atoms with Crippen molar-refractivity contribution in [2.24, 2.45) is 0 Å². The number of likely N-dealkylation sites (N-methyl/N-ethyl adjacent to an activating group) is 1. The van der Waals surface area contributed by atoms with Gasteiger partial charge in [0, 0.05) is 36.7 Å². The zero-order chi connectivity index (χ0) is 17.1. The van der Waals surface area contributed by atoms with E-state index >= 15 is 0 Å². The highest BCUT2D eigenvalue weighted by molar-refractivity contribution is 6.30. The molecule has 7 nitrogen and oxygen atoms in total. The number of anilines is 3. The highest BCUT2D eigenvalue weighted by Gasteiger charge is 2.13. The topological polar surface area (TPSA) is 87.1 Å². The van der Waals surface area contributed by atoms with Gasteiger partial charge in [0.05, 0.1) is 6.61 Å². The van der Waals surface area contributed by atoms with Crippen LogP contribution in [0.25, 0.3) is 11.2 Å². The highest BCUT2D eigenvalue weighted by Crippen LogP contribution is 2.26. The van der Waals surface area contributed by atoms with Crippen molar-refractivity contribution >= 4 is 40.2 Å². The van der Waals surface area contributed by atoms with E-state index in [0.29, 0.717) is 34.5 Å². The van der Waals surface area contributed by atoms with Crippen LogP contribution in [0, 0.1) is 6.92 Å². The van der Waals surface area contributed by atoms with Gasteiger partial charge in [-0.3, -0.25) is 0 Å². The molecule has 8 heteroatoms. The van der Waals surface area contributed by atoms with Gasteiger partial charge in [-0.1, -0.05) is 11.6 Å². The first kappa shape index (κ1) is 16.4. The molecule has 0 radical (unpaired) electrons. The van der Waals surface area contributed by atoms with E-state index in [1.165, 1.54) is 0 Å². The summed E-state index contributed by atoms with van der Waals surface area (Å²) in [5, 5.41) is 13.1. The second kappa shape index (κ2) is 6.94. The Hall–Kier alpha value is -2.51. The molecule has 0 saturated heterocycles. The minimum atomic E-state index is 0.0113. The number of benzene rings is 1. The molecule has 24 heavy (non-hydrogen) atoms. The Bertz CT molecular complexity index is 872. The third-order valence-electron chi connectivity index (χ3n) is 3.54. The van der Waals surface area contributed by atoms with E-state index in [-0.39, 0.29) is 6.61 Å². The number of rotatable bonds is 5. The van der Waals surface area contributed by atoms with Crippen molar-refractivity contribution < 1.29 is 5.11 Å². The second-order valence-corrected chi connectivity index (χ2v) is 5.77. The Morgan fingerprint density at radius 1 is 1.21 bits per heavy atom.